The van der Waals surface area contributed by atoms with Crippen molar-refractivity contribution in [2.24, 2.45) is 0 Å². The molecule has 0 N–H and O–H groups in total. The largest absolute Gasteiger partial charge is 0.573 e. The number of thioether (sulfide) groups is 1. The van der Waals surface area contributed by atoms with Gasteiger partial charge < -0.3 is 4.74 Å². The lowest BCUT2D eigenvalue weighted by molar-refractivity contribution is -0.274. The molecule has 4 rings (SSSR count). The average Bonchev–Trinajstić information content (AvgIpc) is 2.98. The predicted molar refractivity (Wildman–Crippen MR) is 111 cm³/mol. The highest BCUT2D eigenvalue weighted by Gasteiger charge is 2.40. The SMILES string of the molecule is O=C1C(Sc2ccccc2)=C(c2ccccc2)C(=O)N1c1ccc(OC(F)(F)F)cc1. The molecule has 0 aliphatic carbocycles. The molecule has 0 atom stereocenters. The van der Waals surface area contributed by atoms with Crippen molar-refractivity contribution in [1.29, 1.82) is 0 Å². The molecule has 31 heavy (non-hydrogen) atoms. The van der Waals surface area contributed by atoms with Crippen LogP contribution in [0.2, 0.25) is 0 Å². The van der Waals surface area contributed by atoms with E-state index in [1.54, 1.807) is 30.3 Å². The average molecular weight is 441 g/mol. The Hall–Kier alpha value is -3.52. The van der Waals surface area contributed by atoms with Crippen molar-refractivity contribution >= 4 is 34.8 Å². The molecule has 0 saturated heterocycles. The van der Waals surface area contributed by atoms with Crippen molar-refractivity contribution in [2.45, 2.75) is 11.3 Å². The molecule has 0 fully saturated rings. The molecule has 0 unspecified atom stereocenters. The van der Waals surface area contributed by atoms with Crippen LogP contribution in [0.25, 0.3) is 5.57 Å². The molecule has 1 aliphatic rings. The molecule has 0 radical (unpaired) electrons. The second-order valence-corrected chi connectivity index (χ2v) is 7.56. The van der Waals surface area contributed by atoms with E-state index < -0.39 is 23.9 Å². The third-order valence-electron chi connectivity index (χ3n) is 4.40. The minimum Gasteiger partial charge on any atom is -0.406 e. The second kappa shape index (κ2) is 8.31. The van der Waals surface area contributed by atoms with Gasteiger partial charge in [-0.05, 0) is 42.0 Å². The number of benzene rings is 3. The van der Waals surface area contributed by atoms with Gasteiger partial charge in [0.15, 0.2) is 0 Å². The summed E-state index contributed by atoms with van der Waals surface area (Å²) in [4.78, 5) is 28.5. The van der Waals surface area contributed by atoms with E-state index in [0.717, 1.165) is 21.9 Å². The molecule has 1 aliphatic heterocycles. The minimum absolute atomic E-state index is 0.154. The summed E-state index contributed by atoms with van der Waals surface area (Å²) in [6, 6.07) is 22.5. The monoisotopic (exact) mass is 441 g/mol. The van der Waals surface area contributed by atoms with E-state index in [2.05, 4.69) is 4.74 Å². The van der Waals surface area contributed by atoms with Gasteiger partial charge in [-0.1, -0.05) is 60.3 Å². The third-order valence-corrected chi connectivity index (χ3v) is 5.49. The first kappa shape index (κ1) is 20.7. The fraction of sp³-hybridized carbons (Fsp3) is 0.0435. The van der Waals surface area contributed by atoms with Gasteiger partial charge in [0, 0.05) is 4.90 Å². The van der Waals surface area contributed by atoms with E-state index in [4.69, 9.17) is 0 Å². The number of ether oxygens (including phenoxy) is 1. The summed E-state index contributed by atoms with van der Waals surface area (Å²) in [5.41, 5.74) is 0.982. The molecule has 0 bridgehead atoms. The van der Waals surface area contributed by atoms with Crippen LogP contribution >= 0.6 is 11.8 Å². The minimum atomic E-state index is -4.83. The molecule has 2 amide bonds. The first-order valence-corrected chi connectivity index (χ1v) is 9.92. The highest BCUT2D eigenvalue weighted by molar-refractivity contribution is 8.04. The summed E-state index contributed by atoms with van der Waals surface area (Å²) >= 11 is 1.17. The number of halogens is 3. The van der Waals surface area contributed by atoms with Crippen LogP contribution in [0.4, 0.5) is 18.9 Å². The van der Waals surface area contributed by atoms with Crippen LogP contribution in [0.5, 0.6) is 5.75 Å². The lowest BCUT2D eigenvalue weighted by atomic mass is 10.1. The molecule has 3 aromatic rings. The molecule has 0 saturated carbocycles. The van der Waals surface area contributed by atoms with Crippen LogP contribution in [-0.2, 0) is 9.59 Å². The first-order chi connectivity index (χ1) is 14.8. The number of amides is 2. The van der Waals surface area contributed by atoms with Crippen molar-refractivity contribution in [2.75, 3.05) is 4.90 Å². The van der Waals surface area contributed by atoms with E-state index in [0.29, 0.717) is 5.56 Å². The van der Waals surface area contributed by atoms with Crippen molar-refractivity contribution in [3.8, 4) is 5.75 Å². The van der Waals surface area contributed by atoms with Gasteiger partial charge >= 0.3 is 6.36 Å². The van der Waals surface area contributed by atoms with Crippen LogP contribution < -0.4 is 9.64 Å². The Labute approximate surface area is 179 Å². The predicted octanol–water partition coefficient (Wildman–Crippen LogP) is 5.66. The van der Waals surface area contributed by atoms with Gasteiger partial charge in [-0.15, -0.1) is 13.2 Å². The Morgan fingerprint density at radius 2 is 1.32 bits per heavy atom. The number of alkyl halides is 3. The Morgan fingerprint density at radius 3 is 1.90 bits per heavy atom. The lowest BCUT2D eigenvalue weighted by Gasteiger charge is -2.16. The van der Waals surface area contributed by atoms with Gasteiger partial charge in [-0.2, -0.15) is 0 Å². The van der Waals surface area contributed by atoms with Gasteiger partial charge in [0.05, 0.1) is 16.2 Å². The molecule has 8 heteroatoms. The molecular formula is C23H14F3NO3S. The summed E-state index contributed by atoms with van der Waals surface area (Å²) in [6.45, 7) is 0. The van der Waals surface area contributed by atoms with Gasteiger partial charge in [-0.3, -0.25) is 9.59 Å². The number of imide groups is 1. The molecular weight excluding hydrogens is 427 g/mol. The van der Waals surface area contributed by atoms with Gasteiger partial charge in [0.1, 0.15) is 5.75 Å². The van der Waals surface area contributed by atoms with Crippen molar-refractivity contribution in [3.05, 3.63) is 95.4 Å². The molecule has 0 aromatic heterocycles. The van der Waals surface area contributed by atoms with E-state index >= 15 is 0 Å². The number of hydrogen-bond donors (Lipinski definition) is 0. The molecule has 3 aromatic carbocycles. The Balaban J connectivity index is 1.71. The highest BCUT2D eigenvalue weighted by Crippen LogP contribution is 2.41. The smallest absolute Gasteiger partial charge is 0.406 e. The maximum absolute atomic E-state index is 13.3. The van der Waals surface area contributed by atoms with Crippen LogP contribution in [-0.4, -0.2) is 18.2 Å². The number of anilines is 1. The fourth-order valence-corrected chi connectivity index (χ4v) is 4.12. The van der Waals surface area contributed by atoms with E-state index in [9.17, 15) is 22.8 Å². The Kier molecular flexibility index (Phi) is 5.56. The van der Waals surface area contributed by atoms with E-state index in [-0.39, 0.29) is 16.2 Å². The molecule has 1 heterocycles. The standard InChI is InChI=1S/C23H14F3NO3S/c24-23(25,26)30-17-13-11-16(12-14-17)27-21(28)19(15-7-3-1-4-8-15)20(22(27)29)31-18-9-5-2-6-10-18/h1-14H. The van der Waals surface area contributed by atoms with Gasteiger partial charge in [0.25, 0.3) is 11.8 Å². The second-order valence-electron chi connectivity index (χ2n) is 6.47. The number of hydrogen-bond acceptors (Lipinski definition) is 4. The summed E-state index contributed by atoms with van der Waals surface area (Å²) in [5.74, 6) is -1.52. The van der Waals surface area contributed by atoms with Crippen molar-refractivity contribution in [1.82, 2.24) is 0 Å². The Morgan fingerprint density at radius 1 is 0.742 bits per heavy atom. The van der Waals surface area contributed by atoms with Crippen LogP contribution in [0.3, 0.4) is 0 Å². The number of carbonyl (C=O) groups is 2. The fourth-order valence-electron chi connectivity index (χ4n) is 3.10. The zero-order chi connectivity index (χ0) is 22.0. The summed E-state index contributed by atoms with van der Waals surface area (Å²) in [6.07, 6.45) is -4.83. The zero-order valence-corrected chi connectivity index (χ0v) is 16.6. The van der Waals surface area contributed by atoms with Crippen LogP contribution in [0.15, 0.2) is 94.7 Å². The van der Waals surface area contributed by atoms with Crippen molar-refractivity contribution in [3.63, 3.8) is 0 Å². The maximum atomic E-state index is 13.3. The summed E-state index contributed by atoms with van der Waals surface area (Å²) < 4.78 is 41.1. The maximum Gasteiger partial charge on any atom is 0.573 e. The highest BCUT2D eigenvalue weighted by atomic mass is 32.2. The van der Waals surface area contributed by atoms with Crippen molar-refractivity contribution < 1.29 is 27.5 Å². The molecule has 156 valence electrons. The normalized spacial score (nSPS) is 14.4. The summed E-state index contributed by atoms with van der Waals surface area (Å²) in [7, 11) is 0. The third kappa shape index (κ3) is 4.49. The Bertz CT molecular complexity index is 1140. The molecule has 4 nitrogen and oxygen atoms in total. The number of rotatable bonds is 5. The zero-order valence-electron chi connectivity index (χ0n) is 15.8. The van der Waals surface area contributed by atoms with Gasteiger partial charge in [0.2, 0.25) is 0 Å². The quantitative estimate of drug-likeness (QED) is 0.479. The van der Waals surface area contributed by atoms with Gasteiger partial charge in [-0.25, -0.2) is 4.90 Å². The van der Waals surface area contributed by atoms with Crippen LogP contribution in [0, 0.1) is 0 Å². The lowest BCUT2D eigenvalue weighted by Crippen LogP contribution is -2.31. The number of nitrogens with zero attached hydrogens (tertiary/aromatic N) is 1. The first-order valence-electron chi connectivity index (χ1n) is 9.11. The topological polar surface area (TPSA) is 46.6 Å². The van der Waals surface area contributed by atoms with Crippen LogP contribution in [0.1, 0.15) is 5.56 Å². The van der Waals surface area contributed by atoms with E-state index in [1.165, 1.54) is 23.9 Å². The summed E-state index contributed by atoms with van der Waals surface area (Å²) in [5, 5.41) is 0. The molecule has 0 spiro atoms. The van der Waals surface area contributed by atoms with E-state index in [1.807, 2.05) is 30.3 Å². The number of carbonyl (C=O) groups excluding carboxylic acids is 2.